The molecule has 1 fully saturated rings. The fraction of sp³-hybridized carbons (Fsp3) is 0.364. The third-order valence-electron chi connectivity index (χ3n) is 5.50. The van der Waals surface area contributed by atoms with Crippen molar-refractivity contribution in [2.45, 2.75) is 11.8 Å². The number of nitrogens with one attached hydrogen (secondary N) is 1. The maximum Gasteiger partial charge on any atom is 0.235 e. The van der Waals surface area contributed by atoms with E-state index in [0.717, 1.165) is 52.1 Å². The summed E-state index contributed by atoms with van der Waals surface area (Å²) in [5.74, 6) is -1.01. The molecule has 1 aliphatic rings. The van der Waals surface area contributed by atoms with Gasteiger partial charge in [0.2, 0.25) is 5.91 Å². The summed E-state index contributed by atoms with van der Waals surface area (Å²) >= 11 is 7.96. The number of halogens is 1. The van der Waals surface area contributed by atoms with Crippen LogP contribution in [0.5, 0.6) is 0 Å². The van der Waals surface area contributed by atoms with Crippen LogP contribution >= 0.6 is 22.9 Å². The van der Waals surface area contributed by atoms with Gasteiger partial charge in [0, 0.05) is 39.3 Å². The third kappa shape index (κ3) is 5.23. The summed E-state index contributed by atoms with van der Waals surface area (Å²) < 4.78 is 25.6. The van der Waals surface area contributed by atoms with Crippen LogP contribution in [0, 0.1) is 6.92 Å². The van der Waals surface area contributed by atoms with Gasteiger partial charge >= 0.3 is 0 Å². The quantitative estimate of drug-likeness (QED) is 0.546. The van der Waals surface area contributed by atoms with Crippen molar-refractivity contribution in [1.82, 2.24) is 15.2 Å². The Morgan fingerprint density at radius 2 is 1.84 bits per heavy atom. The number of carbonyl (C=O) groups excluding carboxylic acids is 1. The number of amides is 1. The number of nitrogens with zero attached hydrogens (tertiary/aromatic N) is 3. The Morgan fingerprint density at radius 1 is 1.12 bits per heavy atom. The number of hydrogen-bond acceptors (Lipinski definition) is 7. The van der Waals surface area contributed by atoms with Gasteiger partial charge in [-0.25, -0.2) is 13.4 Å². The molecule has 0 radical (unpaired) electrons. The molecule has 1 aliphatic heterocycles. The zero-order valence-electron chi connectivity index (χ0n) is 17.8. The van der Waals surface area contributed by atoms with Gasteiger partial charge in [0.1, 0.15) is 5.75 Å². The minimum atomic E-state index is -3.62. The van der Waals surface area contributed by atoms with Gasteiger partial charge < -0.3 is 10.2 Å². The van der Waals surface area contributed by atoms with E-state index in [4.69, 9.17) is 16.6 Å². The number of carbonyl (C=O) groups is 1. The number of hydrogen-bond donors (Lipinski definition) is 1. The molecule has 4 rings (SSSR count). The summed E-state index contributed by atoms with van der Waals surface area (Å²) in [6, 6.07) is 11.9. The minimum Gasteiger partial charge on any atom is -0.354 e. The number of thiazole rings is 1. The second kappa shape index (κ2) is 9.74. The Bertz CT molecular complexity index is 1170. The molecular weight excluding hydrogens is 468 g/mol. The van der Waals surface area contributed by atoms with E-state index < -0.39 is 21.5 Å². The van der Waals surface area contributed by atoms with Gasteiger partial charge in [-0.15, -0.1) is 0 Å². The van der Waals surface area contributed by atoms with Crippen molar-refractivity contribution in [3.05, 3.63) is 53.1 Å². The zero-order valence-corrected chi connectivity index (χ0v) is 20.1. The van der Waals surface area contributed by atoms with Crippen molar-refractivity contribution in [2.24, 2.45) is 0 Å². The predicted molar refractivity (Wildman–Crippen MR) is 130 cm³/mol. The normalized spacial score (nSPS) is 15.2. The van der Waals surface area contributed by atoms with Crippen LogP contribution in [0.15, 0.2) is 47.4 Å². The van der Waals surface area contributed by atoms with Crippen LogP contribution in [0.1, 0.15) is 5.56 Å². The summed E-state index contributed by atoms with van der Waals surface area (Å²) in [7, 11) is -3.62. The Balaban J connectivity index is 1.24. The summed E-state index contributed by atoms with van der Waals surface area (Å²) in [4.78, 5) is 21.6. The molecule has 1 amide bonds. The molecule has 1 aromatic heterocycles. The summed E-state index contributed by atoms with van der Waals surface area (Å²) in [5.41, 5.74) is 2.09. The van der Waals surface area contributed by atoms with Crippen LogP contribution in [0.3, 0.4) is 0 Å². The Labute approximate surface area is 196 Å². The average molecular weight is 493 g/mol. The first kappa shape index (κ1) is 23.0. The second-order valence-electron chi connectivity index (χ2n) is 7.79. The monoisotopic (exact) mass is 492 g/mol. The van der Waals surface area contributed by atoms with Crippen LogP contribution in [0.25, 0.3) is 10.2 Å². The number of benzene rings is 2. The van der Waals surface area contributed by atoms with E-state index in [0.29, 0.717) is 13.1 Å². The minimum absolute atomic E-state index is 0.164. The van der Waals surface area contributed by atoms with Gasteiger partial charge in [0.15, 0.2) is 15.0 Å². The smallest absolute Gasteiger partial charge is 0.235 e. The molecule has 10 heteroatoms. The molecule has 0 spiro atoms. The van der Waals surface area contributed by atoms with Crippen LogP contribution in [0.2, 0.25) is 5.02 Å². The molecule has 0 atom stereocenters. The molecule has 2 heterocycles. The van der Waals surface area contributed by atoms with E-state index in [9.17, 15) is 13.2 Å². The van der Waals surface area contributed by atoms with Crippen LogP contribution in [-0.4, -0.2) is 69.2 Å². The van der Waals surface area contributed by atoms with Crippen molar-refractivity contribution in [3.8, 4) is 0 Å². The van der Waals surface area contributed by atoms with Gasteiger partial charge in [0.05, 0.1) is 20.1 Å². The molecule has 170 valence electrons. The second-order valence-corrected chi connectivity index (χ2v) is 11.2. The molecule has 0 unspecified atom stereocenters. The number of rotatable bonds is 7. The first-order valence-corrected chi connectivity index (χ1v) is 13.3. The number of anilines is 1. The SMILES string of the molecule is Cc1ccc(Cl)c2sc(N3CCN(CCNC(=O)CS(=O)(=O)c4ccccc4)CC3)nc12. The molecule has 1 saturated heterocycles. The number of piperazine rings is 1. The highest BCUT2D eigenvalue weighted by Gasteiger charge is 2.22. The van der Waals surface area contributed by atoms with E-state index in [2.05, 4.69) is 15.1 Å². The first-order chi connectivity index (χ1) is 15.3. The molecule has 0 aliphatic carbocycles. The lowest BCUT2D eigenvalue weighted by molar-refractivity contribution is -0.118. The lowest BCUT2D eigenvalue weighted by Gasteiger charge is -2.34. The van der Waals surface area contributed by atoms with Crippen molar-refractivity contribution in [2.75, 3.05) is 49.9 Å². The van der Waals surface area contributed by atoms with Gasteiger partial charge in [-0.3, -0.25) is 9.69 Å². The number of aryl methyl sites for hydroxylation is 1. The number of fused-ring (bicyclic) bond motifs is 1. The number of sulfone groups is 1. The van der Waals surface area contributed by atoms with E-state index in [1.54, 1.807) is 29.5 Å². The van der Waals surface area contributed by atoms with Gasteiger partial charge in [0.25, 0.3) is 0 Å². The maximum atomic E-state index is 12.3. The fourth-order valence-corrected chi connectivity index (χ4v) is 6.23. The summed E-state index contributed by atoms with van der Waals surface area (Å²) in [6.45, 7) is 6.51. The largest absolute Gasteiger partial charge is 0.354 e. The fourth-order valence-electron chi connectivity index (χ4n) is 3.68. The lowest BCUT2D eigenvalue weighted by atomic mass is 10.2. The van der Waals surface area contributed by atoms with Crippen LogP contribution in [-0.2, 0) is 14.6 Å². The standard InChI is InChI=1S/C22H25ClN4O3S2/c1-16-7-8-18(23)21-20(16)25-22(31-21)27-13-11-26(12-14-27)10-9-24-19(28)15-32(29,30)17-5-3-2-4-6-17/h2-8H,9-15H2,1H3,(H,24,28). The Hall–Kier alpha value is -2.20. The third-order valence-corrected chi connectivity index (χ3v) is 8.71. The van der Waals surface area contributed by atoms with Crippen molar-refractivity contribution in [1.29, 1.82) is 0 Å². The molecule has 3 aromatic rings. The van der Waals surface area contributed by atoms with E-state index in [1.807, 2.05) is 19.1 Å². The highest BCUT2D eigenvalue weighted by atomic mass is 35.5. The molecule has 1 N–H and O–H groups in total. The molecule has 2 aromatic carbocycles. The maximum absolute atomic E-state index is 12.3. The van der Waals surface area contributed by atoms with Crippen LogP contribution in [0.4, 0.5) is 5.13 Å². The summed E-state index contributed by atoms with van der Waals surface area (Å²) in [5, 5.41) is 4.45. The zero-order chi connectivity index (χ0) is 22.7. The number of aromatic nitrogens is 1. The van der Waals surface area contributed by atoms with Crippen molar-refractivity contribution in [3.63, 3.8) is 0 Å². The predicted octanol–water partition coefficient (Wildman–Crippen LogP) is 2.97. The first-order valence-electron chi connectivity index (χ1n) is 10.4. The van der Waals surface area contributed by atoms with E-state index in [1.165, 1.54) is 12.1 Å². The highest BCUT2D eigenvalue weighted by Crippen LogP contribution is 2.35. The molecule has 0 bridgehead atoms. The van der Waals surface area contributed by atoms with Crippen LogP contribution < -0.4 is 10.2 Å². The topological polar surface area (TPSA) is 82.6 Å². The molecular formula is C22H25ClN4O3S2. The van der Waals surface area contributed by atoms with E-state index >= 15 is 0 Å². The van der Waals surface area contributed by atoms with Crippen molar-refractivity contribution < 1.29 is 13.2 Å². The highest BCUT2D eigenvalue weighted by molar-refractivity contribution is 7.92. The summed E-state index contributed by atoms with van der Waals surface area (Å²) in [6.07, 6.45) is 0. The van der Waals surface area contributed by atoms with Gasteiger partial charge in [-0.05, 0) is 30.7 Å². The van der Waals surface area contributed by atoms with Gasteiger partial charge in [-0.1, -0.05) is 47.2 Å². The lowest BCUT2D eigenvalue weighted by Crippen LogP contribution is -2.48. The van der Waals surface area contributed by atoms with E-state index in [-0.39, 0.29) is 4.90 Å². The molecule has 0 saturated carbocycles. The van der Waals surface area contributed by atoms with Gasteiger partial charge in [-0.2, -0.15) is 0 Å². The Kier molecular flexibility index (Phi) is 6.99. The molecule has 32 heavy (non-hydrogen) atoms. The average Bonchev–Trinajstić information content (AvgIpc) is 3.24. The van der Waals surface area contributed by atoms with Crippen molar-refractivity contribution >= 4 is 54.0 Å². The molecule has 7 nitrogen and oxygen atoms in total. The Morgan fingerprint density at radius 3 is 2.53 bits per heavy atom.